The van der Waals surface area contributed by atoms with Gasteiger partial charge >= 0.3 is 0 Å². The standard InChI is InChI=1S/C20H25ClN2O2S/c21-16-1-3-17(4-2-16)22-18(24)10-26-11-19(25)23-20-14-6-12-5-13(8-14)9-15(20)7-12/h1-4,12-15,20H,5-11H2,(H,22,24)(H,23,25). The molecule has 0 atom stereocenters. The highest BCUT2D eigenvalue weighted by atomic mass is 35.5. The van der Waals surface area contributed by atoms with E-state index in [2.05, 4.69) is 10.6 Å². The minimum atomic E-state index is -0.0975. The minimum absolute atomic E-state index is 0.0757. The van der Waals surface area contributed by atoms with Crippen LogP contribution in [0.15, 0.2) is 24.3 Å². The van der Waals surface area contributed by atoms with Crippen molar-refractivity contribution in [2.75, 3.05) is 16.8 Å². The molecule has 0 saturated heterocycles. The molecule has 2 amide bonds. The average Bonchev–Trinajstić information content (AvgIpc) is 2.59. The van der Waals surface area contributed by atoms with Gasteiger partial charge in [-0.15, -0.1) is 11.8 Å². The molecule has 0 aliphatic heterocycles. The van der Waals surface area contributed by atoms with E-state index in [0.717, 1.165) is 17.5 Å². The Kier molecular flexibility index (Phi) is 5.46. The van der Waals surface area contributed by atoms with Crippen molar-refractivity contribution in [3.05, 3.63) is 29.3 Å². The van der Waals surface area contributed by atoms with E-state index in [0.29, 0.717) is 28.7 Å². The number of rotatable bonds is 6. The van der Waals surface area contributed by atoms with Crippen molar-refractivity contribution >= 4 is 40.9 Å². The summed E-state index contributed by atoms with van der Waals surface area (Å²) in [5.74, 6) is 3.80. The van der Waals surface area contributed by atoms with Crippen LogP contribution in [0.4, 0.5) is 5.69 Å². The van der Waals surface area contributed by atoms with Gasteiger partial charge < -0.3 is 10.6 Å². The summed E-state index contributed by atoms with van der Waals surface area (Å²) in [6.45, 7) is 0. The van der Waals surface area contributed by atoms with Gasteiger partial charge in [0.2, 0.25) is 11.8 Å². The molecule has 4 nitrogen and oxygen atoms in total. The molecule has 0 unspecified atom stereocenters. The topological polar surface area (TPSA) is 58.2 Å². The highest BCUT2D eigenvalue weighted by Gasteiger charge is 2.48. The van der Waals surface area contributed by atoms with Gasteiger partial charge in [-0.2, -0.15) is 0 Å². The van der Waals surface area contributed by atoms with Gasteiger partial charge in [0.1, 0.15) is 0 Å². The number of carbonyl (C=O) groups excluding carboxylic acids is 2. The van der Waals surface area contributed by atoms with E-state index in [4.69, 9.17) is 11.6 Å². The van der Waals surface area contributed by atoms with Gasteiger partial charge in [-0.05, 0) is 80.0 Å². The van der Waals surface area contributed by atoms with Crippen molar-refractivity contribution in [2.24, 2.45) is 23.7 Å². The van der Waals surface area contributed by atoms with E-state index in [1.54, 1.807) is 24.3 Å². The second-order valence-corrected chi connectivity index (χ2v) is 9.49. The fourth-order valence-electron chi connectivity index (χ4n) is 5.36. The molecule has 0 spiro atoms. The molecular formula is C20H25ClN2O2S. The lowest BCUT2D eigenvalue weighted by Crippen LogP contribution is -2.56. The first-order valence-corrected chi connectivity index (χ1v) is 11.0. The molecule has 4 aliphatic carbocycles. The summed E-state index contributed by atoms with van der Waals surface area (Å²) in [5.41, 5.74) is 0.720. The minimum Gasteiger partial charge on any atom is -0.352 e. The number of thioether (sulfide) groups is 1. The van der Waals surface area contributed by atoms with E-state index in [-0.39, 0.29) is 17.6 Å². The molecular weight excluding hydrogens is 368 g/mol. The Morgan fingerprint density at radius 2 is 1.50 bits per heavy atom. The lowest BCUT2D eigenvalue weighted by Gasteiger charge is -2.54. The number of amides is 2. The first-order chi connectivity index (χ1) is 12.6. The third-order valence-corrected chi connectivity index (χ3v) is 7.33. The number of nitrogens with one attached hydrogen (secondary N) is 2. The van der Waals surface area contributed by atoms with Crippen molar-refractivity contribution in [1.29, 1.82) is 0 Å². The van der Waals surface area contributed by atoms with Gasteiger partial charge in [0, 0.05) is 16.8 Å². The number of anilines is 1. The average molecular weight is 393 g/mol. The van der Waals surface area contributed by atoms with Crippen molar-refractivity contribution in [1.82, 2.24) is 5.32 Å². The van der Waals surface area contributed by atoms with Crippen molar-refractivity contribution in [3.8, 4) is 0 Å². The quantitative estimate of drug-likeness (QED) is 0.770. The summed E-state index contributed by atoms with van der Waals surface area (Å²) in [5, 5.41) is 6.74. The second-order valence-electron chi connectivity index (χ2n) is 8.07. The molecule has 4 saturated carbocycles. The zero-order valence-corrected chi connectivity index (χ0v) is 16.3. The molecule has 0 heterocycles. The fraction of sp³-hybridized carbons (Fsp3) is 0.600. The summed E-state index contributed by atoms with van der Waals surface area (Å²) in [4.78, 5) is 24.3. The maximum Gasteiger partial charge on any atom is 0.234 e. The Balaban J connectivity index is 1.18. The Morgan fingerprint density at radius 3 is 2.12 bits per heavy atom. The molecule has 140 valence electrons. The van der Waals surface area contributed by atoms with Gasteiger partial charge in [-0.25, -0.2) is 0 Å². The predicted octanol–water partition coefficient (Wildman–Crippen LogP) is 3.95. The third kappa shape index (κ3) is 4.20. The number of hydrogen-bond acceptors (Lipinski definition) is 3. The molecule has 1 aromatic carbocycles. The molecule has 26 heavy (non-hydrogen) atoms. The number of benzene rings is 1. The molecule has 1 aromatic rings. The lowest BCUT2D eigenvalue weighted by molar-refractivity contribution is -0.122. The fourth-order valence-corrected chi connectivity index (χ4v) is 6.11. The number of halogens is 1. The monoisotopic (exact) mass is 392 g/mol. The lowest BCUT2D eigenvalue weighted by atomic mass is 9.54. The molecule has 0 aromatic heterocycles. The third-order valence-electron chi connectivity index (χ3n) is 6.15. The van der Waals surface area contributed by atoms with Gasteiger partial charge in [0.25, 0.3) is 0 Å². The highest BCUT2D eigenvalue weighted by Crippen LogP contribution is 2.53. The molecule has 5 rings (SSSR count). The summed E-state index contributed by atoms with van der Waals surface area (Å²) >= 11 is 7.20. The maximum atomic E-state index is 12.3. The summed E-state index contributed by atoms with van der Waals surface area (Å²) in [6.07, 6.45) is 6.62. The van der Waals surface area contributed by atoms with Gasteiger partial charge in [-0.3, -0.25) is 9.59 Å². The number of hydrogen-bond donors (Lipinski definition) is 2. The van der Waals surface area contributed by atoms with Crippen LogP contribution in [0, 0.1) is 23.7 Å². The first-order valence-electron chi connectivity index (χ1n) is 9.49. The summed E-state index contributed by atoms with van der Waals surface area (Å²) < 4.78 is 0. The van der Waals surface area contributed by atoms with Crippen molar-refractivity contribution in [3.63, 3.8) is 0 Å². The zero-order valence-electron chi connectivity index (χ0n) is 14.7. The van der Waals surface area contributed by atoms with Gasteiger partial charge in [-0.1, -0.05) is 11.6 Å². The van der Waals surface area contributed by atoms with Crippen LogP contribution >= 0.6 is 23.4 Å². The molecule has 6 heteroatoms. The largest absolute Gasteiger partial charge is 0.352 e. The van der Waals surface area contributed by atoms with Crippen LogP contribution < -0.4 is 10.6 Å². The van der Waals surface area contributed by atoms with E-state index < -0.39 is 0 Å². The van der Waals surface area contributed by atoms with Crippen LogP contribution in [0.5, 0.6) is 0 Å². The SMILES string of the molecule is O=C(CSCC(=O)NC1C2CC3CC(C2)CC1C3)Nc1ccc(Cl)cc1. The zero-order chi connectivity index (χ0) is 18.1. The Bertz CT molecular complexity index is 651. The highest BCUT2D eigenvalue weighted by molar-refractivity contribution is 8.00. The van der Waals surface area contributed by atoms with Crippen LogP contribution in [0.2, 0.25) is 5.02 Å². The maximum absolute atomic E-state index is 12.3. The molecule has 4 aliphatic rings. The second kappa shape index (κ2) is 7.81. The van der Waals surface area contributed by atoms with Crippen LogP contribution in [0.1, 0.15) is 32.1 Å². The van der Waals surface area contributed by atoms with Crippen LogP contribution in [-0.4, -0.2) is 29.4 Å². The molecule has 2 N–H and O–H groups in total. The summed E-state index contributed by atoms with van der Waals surface area (Å²) in [7, 11) is 0. The van der Waals surface area contributed by atoms with Gasteiger partial charge in [0.05, 0.1) is 11.5 Å². The smallest absolute Gasteiger partial charge is 0.234 e. The van der Waals surface area contributed by atoms with E-state index in [1.165, 1.54) is 43.9 Å². The van der Waals surface area contributed by atoms with Crippen LogP contribution in [-0.2, 0) is 9.59 Å². The summed E-state index contributed by atoms with van der Waals surface area (Å²) in [6, 6.07) is 7.39. The van der Waals surface area contributed by atoms with E-state index >= 15 is 0 Å². The number of carbonyl (C=O) groups is 2. The van der Waals surface area contributed by atoms with E-state index in [1.807, 2.05) is 0 Å². The first kappa shape index (κ1) is 18.2. The normalized spacial score (nSPS) is 31.7. The van der Waals surface area contributed by atoms with E-state index in [9.17, 15) is 9.59 Å². The Morgan fingerprint density at radius 1 is 0.923 bits per heavy atom. The van der Waals surface area contributed by atoms with Crippen LogP contribution in [0.3, 0.4) is 0 Å². The van der Waals surface area contributed by atoms with Crippen molar-refractivity contribution < 1.29 is 9.59 Å². The van der Waals surface area contributed by atoms with Crippen LogP contribution in [0.25, 0.3) is 0 Å². The molecule has 4 fully saturated rings. The predicted molar refractivity (Wildman–Crippen MR) is 106 cm³/mol. The van der Waals surface area contributed by atoms with Crippen molar-refractivity contribution in [2.45, 2.75) is 38.1 Å². The molecule has 0 radical (unpaired) electrons. The Labute approximate surface area is 163 Å². The molecule has 4 bridgehead atoms. The van der Waals surface area contributed by atoms with Gasteiger partial charge in [0.15, 0.2) is 0 Å². The Hall–Kier alpha value is -1.20.